The van der Waals surface area contributed by atoms with Gasteiger partial charge in [-0.2, -0.15) is 0 Å². The lowest BCUT2D eigenvalue weighted by molar-refractivity contribution is 0.0376. The number of morpholine rings is 1. The first-order chi connectivity index (χ1) is 19.4. The Morgan fingerprint density at radius 1 is 1.10 bits per heavy atom. The molecule has 216 valence electrons. The molecule has 2 N–H and O–H groups in total. The fourth-order valence-electron chi connectivity index (χ4n) is 4.81. The smallest absolute Gasteiger partial charge is 0.336 e. The molecule has 0 aliphatic carbocycles. The number of benzene rings is 1. The Bertz CT molecular complexity index is 1620. The number of nitrogens with one attached hydrogen (secondary N) is 2. The second kappa shape index (κ2) is 12.5. The van der Waals surface area contributed by atoms with Crippen LogP contribution in [-0.4, -0.2) is 88.5 Å². The summed E-state index contributed by atoms with van der Waals surface area (Å²) in [6.45, 7) is 9.02. The number of unbranched alkanes of at least 4 members (excludes halogenated alkanes) is 1. The van der Waals surface area contributed by atoms with Crippen molar-refractivity contribution in [2.45, 2.75) is 51.0 Å². The summed E-state index contributed by atoms with van der Waals surface area (Å²) in [4.78, 5) is 23.5. The number of aromatic nitrogens is 6. The number of para-hydroxylation sites is 1. The van der Waals surface area contributed by atoms with Crippen LogP contribution in [0.4, 0.5) is 0 Å². The number of imidazole rings is 1. The number of sulfonamides is 1. The van der Waals surface area contributed by atoms with Gasteiger partial charge in [-0.1, -0.05) is 26.3 Å². The second-order valence-corrected chi connectivity index (χ2v) is 11.5. The summed E-state index contributed by atoms with van der Waals surface area (Å²) in [5.41, 5.74) is 1.53. The SMILES string of the molecule is CCCCn1c(=O)n2cnnc2c2[nH]c(-c3cccc(S(=O)(=O)NCCCN4CCOCC4)c3OCCC)nc21. The minimum Gasteiger partial charge on any atom is -0.491 e. The van der Waals surface area contributed by atoms with E-state index < -0.39 is 10.0 Å². The van der Waals surface area contributed by atoms with Crippen molar-refractivity contribution in [2.75, 3.05) is 46.0 Å². The van der Waals surface area contributed by atoms with E-state index in [0.29, 0.717) is 74.0 Å². The zero-order chi connectivity index (χ0) is 28.1. The molecule has 0 spiro atoms. The Hall–Kier alpha value is -3.33. The van der Waals surface area contributed by atoms with Crippen LogP contribution in [0.25, 0.3) is 28.2 Å². The maximum Gasteiger partial charge on any atom is 0.336 e. The highest BCUT2D eigenvalue weighted by Crippen LogP contribution is 2.36. The van der Waals surface area contributed by atoms with Crippen molar-refractivity contribution >= 4 is 26.8 Å². The van der Waals surface area contributed by atoms with Crippen LogP contribution >= 0.6 is 0 Å². The average Bonchev–Trinajstić information content (AvgIpc) is 3.63. The van der Waals surface area contributed by atoms with E-state index in [1.165, 1.54) is 16.8 Å². The molecule has 1 aliphatic heterocycles. The molecule has 4 aromatic rings. The number of nitrogens with zero attached hydrogens (tertiary/aromatic N) is 6. The van der Waals surface area contributed by atoms with Gasteiger partial charge in [0, 0.05) is 26.2 Å². The van der Waals surface area contributed by atoms with Gasteiger partial charge < -0.3 is 14.5 Å². The van der Waals surface area contributed by atoms with Gasteiger partial charge in [-0.3, -0.25) is 9.47 Å². The molecule has 5 rings (SSSR count). The highest BCUT2D eigenvalue weighted by Gasteiger charge is 2.25. The molecule has 40 heavy (non-hydrogen) atoms. The molecule has 1 aromatic carbocycles. The summed E-state index contributed by atoms with van der Waals surface area (Å²) >= 11 is 0. The number of rotatable bonds is 13. The summed E-state index contributed by atoms with van der Waals surface area (Å²) in [7, 11) is -3.88. The van der Waals surface area contributed by atoms with E-state index in [1.54, 1.807) is 16.7 Å². The zero-order valence-corrected chi connectivity index (χ0v) is 23.7. The van der Waals surface area contributed by atoms with Crippen LogP contribution < -0.4 is 15.1 Å². The van der Waals surface area contributed by atoms with E-state index in [-0.39, 0.29) is 16.3 Å². The van der Waals surface area contributed by atoms with Crippen LogP contribution in [0.3, 0.4) is 0 Å². The van der Waals surface area contributed by atoms with Gasteiger partial charge in [0.15, 0.2) is 11.3 Å². The topological polar surface area (TPSA) is 149 Å². The molecule has 4 heterocycles. The Balaban J connectivity index is 1.50. The largest absolute Gasteiger partial charge is 0.491 e. The third-order valence-electron chi connectivity index (χ3n) is 6.90. The van der Waals surface area contributed by atoms with Crippen LogP contribution in [0.1, 0.15) is 39.5 Å². The molecule has 0 radical (unpaired) electrons. The van der Waals surface area contributed by atoms with E-state index in [4.69, 9.17) is 14.5 Å². The Labute approximate surface area is 232 Å². The van der Waals surface area contributed by atoms with Crippen molar-refractivity contribution in [3.8, 4) is 17.1 Å². The molecule has 1 saturated heterocycles. The maximum absolute atomic E-state index is 13.5. The van der Waals surface area contributed by atoms with E-state index in [2.05, 4.69) is 31.7 Å². The molecule has 3 aromatic heterocycles. The first-order valence-electron chi connectivity index (χ1n) is 13.8. The van der Waals surface area contributed by atoms with Crippen molar-refractivity contribution in [3.05, 3.63) is 35.0 Å². The van der Waals surface area contributed by atoms with E-state index in [0.717, 1.165) is 32.5 Å². The Kier molecular flexibility index (Phi) is 8.78. The van der Waals surface area contributed by atoms with E-state index in [9.17, 15) is 13.2 Å². The maximum atomic E-state index is 13.5. The number of hydrogen-bond acceptors (Lipinski definition) is 9. The van der Waals surface area contributed by atoms with Gasteiger partial charge in [-0.05, 0) is 37.9 Å². The number of fused-ring (bicyclic) bond motifs is 3. The Morgan fingerprint density at radius 3 is 2.70 bits per heavy atom. The lowest BCUT2D eigenvalue weighted by atomic mass is 10.2. The van der Waals surface area contributed by atoms with Crippen LogP contribution in [0.2, 0.25) is 0 Å². The zero-order valence-electron chi connectivity index (χ0n) is 22.9. The lowest BCUT2D eigenvalue weighted by Crippen LogP contribution is -2.38. The number of ether oxygens (including phenoxy) is 2. The standard InChI is InChI=1S/C26H36N8O5S/c1-3-5-12-33-24-21(25-31-27-18-34(25)26(33)35)29-23(30-24)19-8-6-9-20(22(19)39-15-4-2)40(36,37)28-10-7-11-32-13-16-38-17-14-32/h6,8-9,18,28H,3-5,7,10-17H2,1-2H3,(H,29,30). The van der Waals surface area contributed by atoms with Gasteiger partial charge in [0.25, 0.3) is 0 Å². The molecule has 14 heteroatoms. The number of aryl methyl sites for hydroxylation is 1. The quantitative estimate of drug-likeness (QED) is 0.230. The molecule has 0 amide bonds. The summed E-state index contributed by atoms with van der Waals surface area (Å²) in [5.74, 6) is 0.593. The average molecular weight is 573 g/mol. The molecule has 0 unspecified atom stereocenters. The molecule has 0 saturated carbocycles. The predicted octanol–water partition coefficient (Wildman–Crippen LogP) is 2.02. The van der Waals surface area contributed by atoms with Crippen LogP contribution in [-0.2, 0) is 21.3 Å². The van der Waals surface area contributed by atoms with Crippen LogP contribution in [0.15, 0.2) is 34.2 Å². The van der Waals surface area contributed by atoms with Crippen molar-refractivity contribution in [2.24, 2.45) is 0 Å². The van der Waals surface area contributed by atoms with Gasteiger partial charge >= 0.3 is 5.69 Å². The molecule has 0 bridgehead atoms. The number of H-pyrrole nitrogens is 1. The van der Waals surface area contributed by atoms with E-state index >= 15 is 0 Å². The van der Waals surface area contributed by atoms with Gasteiger partial charge in [0.05, 0.1) is 25.4 Å². The van der Waals surface area contributed by atoms with Crippen molar-refractivity contribution in [1.29, 1.82) is 0 Å². The minimum atomic E-state index is -3.88. The van der Waals surface area contributed by atoms with Gasteiger partial charge in [-0.25, -0.2) is 27.3 Å². The highest BCUT2D eigenvalue weighted by atomic mass is 32.2. The fourth-order valence-corrected chi connectivity index (χ4v) is 6.04. The van der Waals surface area contributed by atoms with Crippen LogP contribution in [0.5, 0.6) is 5.75 Å². The number of hydrogen-bond donors (Lipinski definition) is 2. The van der Waals surface area contributed by atoms with E-state index in [1.807, 2.05) is 6.92 Å². The monoisotopic (exact) mass is 572 g/mol. The molecule has 1 aliphatic rings. The summed E-state index contributed by atoms with van der Waals surface area (Å²) < 4.78 is 44.1. The van der Waals surface area contributed by atoms with Crippen molar-refractivity contribution < 1.29 is 17.9 Å². The third kappa shape index (κ3) is 5.75. The van der Waals surface area contributed by atoms with Gasteiger partial charge in [0.1, 0.15) is 28.3 Å². The molecular formula is C26H36N8O5S. The summed E-state index contributed by atoms with van der Waals surface area (Å²) in [6, 6.07) is 4.96. The fraction of sp³-hybridized carbons (Fsp3) is 0.538. The van der Waals surface area contributed by atoms with Gasteiger partial charge in [-0.15, -0.1) is 10.2 Å². The lowest BCUT2D eigenvalue weighted by Gasteiger charge is -2.26. The van der Waals surface area contributed by atoms with Crippen molar-refractivity contribution in [1.82, 2.24) is 38.8 Å². The minimum absolute atomic E-state index is 0.0428. The predicted molar refractivity (Wildman–Crippen MR) is 150 cm³/mol. The Morgan fingerprint density at radius 2 is 1.93 bits per heavy atom. The normalized spacial score (nSPS) is 14.8. The molecular weight excluding hydrogens is 536 g/mol. The van der Waals surface area contributed by atoms with Crippen molar-refractivity contribution in [3.63, 3.8) is 0 Å². The summed E-state index contributed by atoms with van der Waals surface area (Å²) in [5, 5.41) is 8.04. The first-order valence-corrected chi connectivity index (χ1v) is 15.3. The second-order valence-electron chi connectivity index (χ2n) is 9.78. The highest BCUT2D eigenvalue weighted by molar-refractivity contribution is 7.89. The first kappa shape index (κ1) is 28.2. The van der Waals surface area contributed by atoms with Crippen LogP contribution in [0, 0.1) is 0 Å². The third-order valence-corrected chi connectivity index (χ3v) is 8.39. The molecule has 1 fully saturated rings. The molecule has 0 atom stereocenters. The summed E-state index contributed by atoms with van der Waals surface area (Å²) in [6.07, 6.45) is 4.45. The number of aromatic amines is 1. The van der Waals surface area contributed by atoms with Gasteiger partial charge in [0.2, 0.25) is 10.0 Å². The molecule has 13 nitrogen and oxygen atoms in total.